The minimum atomic E-state index is -1.18. The van der Waals surface area contributed by atoms with E-state index in [4.69, 9.17) is 9.84 Å². The lowest BCUT2D eigenvalue weighted by Crippen LogP contribution is -2.45. The summed E-state index contributed by atoms with van der Waals surface area (Å²) in [7, 11) is 0. The van der Waals surface area contributed by atoms with Crippen molar-refractivity contribution in [2.24, 2.45) is 5.92 Å². The first-order valence-corrected chi connectivity index (χ1v) is 6.19. The van der Waals surface area contributed by atoms with Gasteiger partial charge in [0.25, 0.3) is 0 Å². The van der Waals surface area contributed by atoms with Crippen molar-refractivity contribution in [3.05, 3.63) is 0 Å². The van der Waals surface area contributed by atoms with Crippen molar-refractivity contribution >= 4 is 18.0 Å². The second-order valence-corrected chi connectivity index (χ2v) is 5.55. The molecule has 1 rings (SSSR count). The minimum Gasteiger partial charge on any atom is -0.480 e. The number of hydrogen-bond acceptors (Lipinski definition) is 4. The summed E-state index contributed by atoms with van der Waals surface area (Å²) in [4.78, 5) is 34.0. The molecule has 108 valence electrons. The summed E-state index contributed by atoms with van der Waals surface area (Å²) >= 11 is 0. The highest BCUT2D eigenvalue weighted by atomic mass is 16.6. The molecule has 1 aliphatic rings. The Labute approximate surface area is 111 Å². The molecule has 0 aromatic heterocycles. The van der Waals surface area contributed by atoms with E-state index in [1.54, 1.807) is 20.8 Å². The predicted molar refractivity (Wildman–Crippen MR) is 66.5 cm³/mol. The number of carboxylic acid groups (broad SMARTS) is 1. The van der Waals surface area contributed by atoms with Crippen LogP contribution in [0.15, 0.2) is 0 Å². The van der Waals surface area contributed by atoms with Gasteiger partial charge in [0, 0.05) is 12.5 Å². The molecule has 2 amide bonds. The maximum absolute atomic E-state index is 11.5. The highest BCUT2D eigenvalue weighted by molar-refractivity contribution is 5.83. The van der Waals surface area contributed by atoms with Crippen LogP contribution < -0.4 is 10.6 Å². The number of hydrogen-bond donors (Lipinski definition) is 3. The summed E-state index contributed by atoms with van der Waals surface area (Å²) in [5.74, 6) is -1.72. The fraction of sp³-hybridized carbons (Fsp3) is 0.750. The van der Waals surface area contributed by atoms with E-state index >= 15 is 0 Å². The molecular weight excluding hydrogens is 252 g/mol. The first-order chi connectivity index (χ1) is 8.69. The van der Waals surface area contributed by atoms with Crippen molar-refractivity contribution in [3.8, 4) is 0 Å². The molecule has 1 unspecified atom stereocenters. The molecule has 0 aliphatic carbocycles. The second-order valence-electron chi connectivity index (χ2n) is 5.55. The summed E-state index contributed by atoms with van der Waals surface area (Å²) in [5, 5.41) is 14.0. The zero-order valence-electron chi connectivity index (χ0n) is 11.4. The van der Waals surface area contributed by atoms with Gasteiger partial charge in [-0.05, 0) is 33.6 Å². The van der Waals surface area contributed by atoms with Crippen LogP contribution >= 0.6 is 0 Å². The van der Waals surface area contributed by atoms with Crippen LogP contribution in [0.4, 0.5) is 4.79 Å². The number of carbonyl (C=O) groups is 3. The molecule has 1 heterocycles. The number of ether oxygens (including phenoxy) is 1. The van der Waals surface area contributed by atoms with E-state index in [-0.39, 0.29) is 18.2 Å². The van der Waals surface area contributed by atoms with Crippen molar-refractivity contribution < 1.29 is 24.2 Å². The Hall–Kier alpha value is -1.79. The van der Waals surface area contributed by atoms with Gasteiger partial charge in [0.1, 0.15) is 11.6 Å². The topological polar surface area (TPSA) is 105 Å². The van der Waals surface area contributed by atoms with Crippen LogP contribution in [0.5, 0.6) is 0 Å². The first-order valence-electron chi connectivity index (χ1n) is 6.19. The molecule has 19 heavy (non-hydrogen) atoms. The number of nitrogens with one attached hydrogen (secondary N) is 2. The Balaban J connectivity index is 2.56. The third-order valence-electron chi connectivity index (χ3n) is 2.67. The van der Waals surface area contributed by atoms with Crippen molar-refractivity contribution in [2.45, 2.75) is 45.3 Å². The Morgan fingerprint density at radius 2 is 2.16 bits per heavy atom. The number of aliphatic carboxylic acids is 1. The van der Waals surface area contributed by atoms with Crippen LogP contribution in [0, 0.1) is 5.92 Å². The molecule has 3 N–H and O–H groups in total. The molecule has 0 saturated carbocycles. The molecule has 0 radical (unpaired) electrons. The smallest absolute Gasteiger partial charge is 0.408 e. The number of alkyl carbamates (subject to hydrolysis) is 1. The van der Waals surface area contributed by atoms with E-state index in [2.05, 4.69) is 10.6 Å². The van der Waals surface area contributed by atoms with Crippen LogP contribution in [0.25, 0.3) is 0 Å². The highest BCUT2D eigenvalue weighted by Crippen LogP contribution is 2.16. The molecule has 0 bridgehead atoms. The molecule has 0 aromatic carbocycles. The normalized spacial score (nSPS) is 20.6. The van der Waals surface area contributed by atoms with E-state index < -0.39 is 23.7 Å². The van der Waals surface area contributed by atoms with Gasteiger partial charge in [0.2, 0.25) is 5.91 Å². The van der Waals surface area contributed by atoms with Crippen LogP contribution in [-0.2, 0) is 14.3 Å². The third-order valence-corrected chi connectivity index (χ3v) is 2.67. The molecular formula is C12H20N2O5. The first kappa shape index (κ1) is 15.3. The zero-order valence-corrected chi connectivity index (χ0v) is 11.4. The maximum atomic E-state index is 11.5. The number of rotatable bonds is 4. The van der Waals surface area contributed by atoms with E-state index in [0.717, 1.165) is 0 Å². The van der Waals surface area contributed by atoms with E-state index in [1.807, 2.05) is 0 Å². The quantitative estimate of drug-likeness (QED) is 0.691. The van der Waals surface area contributed by atoms with E-state index in [9.17, 15) is 14.4 Å². The van der Waals surface area contributed by atoms with Gasteiger partial charge >= 0.3 is 12.1 Å². The van der Waals surface area contributed by atoms with Crippen LogP contribution in [0.2, 0.25) is 0 Å². The van der Waals surface area contributed by atoms with Gasteiger partial charge in [-0.2, -0.15) is 0 Å². The Kier molecular flexibility index (Phi) is 4.74. The molecule has 1 aliphatic heterocycles. The van der Waals surface area contributed by atoms with Crippen molar-refractivity contribution in [2.75, 3.05) is 6.54 Å². The average Bonchev–Trinajstić information content (AvgIpc) is 2.60. The van der Waals surface area contributed by atoms with Gasteiger partial charge < -0.3 is 20.5 Å². The fourth-order valence-corrected chi connectivity index (χ4v) is 1.83. The summed E-state index contributed by atoms with van der Waals surface area (Å²) in [5.41, 5.74) is -0.697. The van der Waals surface area contributed by atoms with Gasteiger partial charge in [-0.1, -0.05) is 0 Å². The molecule has 0 aromatic rings. The van der Waals surface area contributed by atoms with Gasteiger partial charge in [-0.25, -0.2) is 9.59 Å². The Morgan fingerprint density at radius 3 is 2.58 bits per heavy atom. The molecule has 7 heteroatoms. The van der Waals surface area contributed by atoms with Crippen LogP contribution in [-0.4, -0.2) is 41.3 Å². The maximum Gasteiger partial charge on any atom is 0.408 e. The molecule has 1 saturated heterocycles. The van der Waals surface area contributed by atoms with Crippen LogP contribution in [0.1, 0.15) is 33.6 Å². The van der Waals surface area contributed by atoms with Crippen molar-refractivity contribution in [3.63, 3.8) is 0 Å². The molecule has 7 nitrogen and oxygen atoms in total. The SMILES string of the molecule is CC(C)(C)OC(=O)NC(C[C@@H]1CCNC1=O)C(=O)O. The molecule has 0 spiro atoms. The second kappa shape index (κ2) is 5.90. The van der Waals surface area contributed by atoms with Gasteiger partial charge in [0.05, 0.1) is 0 Å². The van der Waals surface area contributed by atoms with Gasteiger partial charge in [-0.3, -0.25) is 4.79 Å². The third kappa shape index (κ3) is 5.15. The van der Waals surface area contributed by atoms with Gasteiger partial charge in [-0.15, -0.1) is 0 Å². The average molecular weight is 272 g/mol. The monoisotopic (exact) mass is 272 g/mol. The standard InChI is InChI=1S/C12H20N2O5/c1-12(2,3)19-11(18)14-8(10(16)17)6-7-4-5-13-9(7)15/h7-8H,4-6H2,1-3H3,(H,13,15)(H,14,18)(H,16,17)/t7-,8?/m0/s1. The summed E-state index contributed by atoms with van der Waals surface area (Å²) in [6, 6.07) is -1.12. The van der Waals surface area contributed by atoms with E-state index in [0.29, 0.717) is 13.0 Å². The molecule has 2 atom stereocenters. The minimum absolute atomic E-state index is 0.0699. The highest BCUT2D eigenvalue weighted by Gasteiger charge is 2.32. The Bertz CT molecular complexity index is 375. The van der Waals surface area contributed by atoms with Crippen LogP contribution in [0.3, 0.4) is 0 Å². The zero-order chi connectivity index (χ0) is 14.6. The predicted octanol–water partition coefficient (Wildman–Crippen LogP) is 0.491. The lowest BCUT2D eigenvalue weighted by Gasteiger charge is -2.22. The van der Waals surface area contributed by atoms with Crippen molar-refractivity contribution in [1.82, 2.24) is 10.6 Å². The summed E-state index contributed by atoms with van der Waals surface area (Å²) < 4.78 is 5.00. The largest absolute Gasteiger partial charge is 0.480 e. The summed E-state index contributed by atoms with van der Waals surface area (Å²) in [6.45, 7) is 5.61. The molecule has 1 fully saturated rings. The number of carbonyl (C=O) groups excluding carboxylic acids is 2. The summed E-state index contributed by atoms with van der Waals surface area (Å²) in [6.07, 6.45) is -0.141. The number of amides is 2. The number of carboxylic acids is 1. The Morgan fingerprint density at radius 1 is 1.53 bits per heavy atom. The van der Waals surface area contributed by atoms with E-state index in [1.165, 1.54) is 0 Å². The lowest BCUT2D eigenvalue weighted by atomic mass is 9.98. The van der Waals surface area contributed by atoms with Gasteiger partial charge in [0.15, 0.2) is 0 Å². The fourth-order valence-electron chi connectivity index (χ4n) is 1.83. The van der Waals surface area contributed by atoms with Crippen molar-refractivity contribution in [1.29, 1.82) is 0 Å². The lowest BCUT2D eigenvalue weighted by molar-refractivity contribution is -0.140.